The van der Waals surface area contributed by atoms with Gasteiger partial charge in [-0.3, -0.25) is 9.69 Å². The Bertz CT molecular complexity index is 1030. The molecule has 30 heavy (non-hydrogen) atoms. The summed E-state index contributed by atoms with van der Waals surface area (Å²) in [6.45, 7) is 1.31. The summed E-state index contributed by atoms with van der Waals surface area (Å²) in [5.41, 5.74) is 2.21. The molecule has 7 heteroatoms. The lowest BCUT2D eigenvalue weighted by Gasteiger charge is -2.29. The van der Waals surface area contributed by atoms with Crippen LogP contribution in [0.2, 0.25) is 0 Å². The third-order valence-electron chi connectivity index (χ3n) is 5.69. The van der Waals surface area contributed by atoms with Crippen molar-refractivity contribution in [1.82, 2.24) is 4.90 Å². The Morgan fingerprint density at radius 1 is 1.07 bits per heavy atom. The van der Waals surface area contributed by atoms with Gasteiger partial charge in [0.05, 0.1) is 32.5 Å². The summed E-state index contributed by atoms with van der Waals surface area (Å²) in [7, 11) is 4.66. The van der Waals surface area contributed by atoms with Gasteiger partial charge in [0.15, 0.2) is 17.3 Å². The van der Waals surface area contributed by atoms with Crippen LogP contribution in [0.5, 0.6) is 28.7 Å². The smallest absolute Gasteiger partial charge is 0.231 e. The van der Waals surface area contributed by atoms with Crippen molar-refractivity contribution in [3.8, 4) is 28.7 Å². The third-order valence-corrected chi connectivity index (χ3v) is 5.69. The Morgan fingerprint density at radius 2 is 1.80 bits per heavy atom. The molecule has 2 aliphatic heterocycles. The van der Waals surface area contributed by atoms with Crippen LogP contribution in [-0.4, -0.2) is 44.8 Å². The standard InChI is InChI=1S/C23H23NO6/c1-26-19-9-13(10-20(27-2)23(19)28-3)8-18-21(25)15-6-7-17-16(22(15)30-18)11-24(12-29-17)14-4-5-14/h6-10,14H,4-5,11-12H2,1-3H3/b18-8-. The Labute approximate surface area is 174 Å². The Hall–Kier alpha value is -3.19. The normalized spacial score (nSPS) is 19.0. The summed E-state index contributed by atoms with van der Waals surface area (Å²) >= 11 is 0. The van der Waals surface area contributed by atoms with E-state index in [1.807, 2.05) is 6.07 Å². The fraction of sp³-hybridized carbons (Fsp3) is 0.348. The van der Waals surface area contributed by atoms with Gasteiger partial charge in [0.2, 0.25) is 11.5 Å². The molecule has 0 atom stereocenters. The number of hydrogen-bond acceptors (Lipinski definition) is 7. The van der Waals surface area contributed by atoms with Gasteiger partial charge in [-0.25, -0.2) is 0 Å². The van der Waals surface area contributed by atoms with E-state index in [-0.39, 0.29) is 11.5 Å². The second-order valence-corrected chi connectivity index (χ2v) is 7.57. The van der Waals surface area contributed by atoms with Gasteiger partial charge < -0.3 is 23.7 Å². The molecule has 0 unspecified atom stereocenters. The quantitative estimate of drug-likeness (QED) is 0.699. The fourth-order valence-electron chi connectivity index (χ4n) is 3.99. The SMILES string of the molecule is COc1cc(/C=C2\Oc3c(ccc4c3CN(C3CC3)CO4)C2=O)cc(OC)c1OC. The molecule has 5 rings (SSSR count). The van der Waals surface area contributed by atoms with Gasteiger partial charge in [0, 0.05) is 12.6 Å². The number of rotatable bonds is 5. The maximum atomic E-state index is 13.0. The second-order valence-electron chi connectivity index (χ2n) is 7.57. The minimum atomic E-state index is -0.148. The summed E-state index contributed by atoms with van der Waals surface area (Å²) in [5, 5.41) is 0. The van der Waals surface area contributed by atoms with E-state index in [1.54, 1.807) is 45.6 Å². The predicted molar refractivity (Wildman–Crippen MR) is 110 cm³/mol. The lowest BCUT2D eigenvalue weighted by molar-refractivity contribution is 0.0868. The molecule has 1 fully saturated rings. The number of nitrogens with zero attached hydrogens (tertiary/aromatic N) is 1. The van der Waals surface area contributed by atoms with Gasteiger partial charge in [0.1, 0.15) is 18.2 Å². The van der Waals surface area contributed by atoms with Crippen molar-refractivity contribution in [2.75, 3.05) is 28.1 Å². The molecular formula is C23H23NO6. The first-order chi connectivity index (χ1) is 14.6. The van der Waals surface area contributed by atoms with Crippen LogP contribution in [0.15, 0.2) is 30.0 Å². The van der Waals surface area contributed by atoms with E-state index in [1.165, 1.54) is 12.8 Å². The molecule has 7 nitrogen and oxygen atoms in total. The molecule has 0 saturated heterocycles. The molecule has 0 aromatic heterocycles. The maximum Gasteiger partial charge on any atom is 0.231 e. The van der Waals surface area contributed by atoms with Crippen LogP contribution in [0.25, 0.3) is 6.08 Å². The number of allylic oxidation sites excluding steroid dienone is 1. The van der Waals surface area contributed by atoms with Crippen LogP contribution in [0.3, 0.4) is 0 Å². The molecular weight excluding hydrogens is 386 g/mol. The van der Waals surface area contributed by atoms with E-state index in [2.05, 4.69) is 4.90 Å². The molecule has 0 amide bonds. The number of Topliss-reactive ketones (excluding diaryl/α,β-unsaturated/α-hetero) is 1. The van der Waals surface area contributed by atoms with Gasteiger partial charge >= 0.3 is 0 Å². The van der Waals surface area contributed by atoms with Crippen LogP contribution in [-0.2, 0) is 6.54 Å². The predicted octanol–water partition coefficient (Wildman–Crippen LogP) is 3.64. The zero-order valence-electron chi connectivity index (χ0n) is 17.2. The second kappa shape index (κ2) is 7.25. The largest absolute Gasteiger partial charge is 0.493 e. The average molecular weight is 409 g/mol. The van der Waals surface area contributed by atoms with Gasteiger partial charge in [-0.1, -0.05) is 0 Å². The summed E-state index contributed by atoms with van der Waals surface area (Å²) in [6.07, 6.45) is 4.08. The molecule has 0 spiro atoms. The number of benzene rings is 2. The van der Waals surface area contributed by atoms with E-state index in [0.29, 0.717) is 46.9 Å². The van der Waals surface area contributed by atoms with E-state index < -0.39 is 0 Å². The van der Waals surface area contributed by atoms with Crippen LogP contribution >= 0.6 is 0 Å². The highest BCUT2D eigenvalue weighted by atomic mass is 16.5. The number of carbonyl (C=O) groups is 1. The van der Waals surface area contributed by atoms with Crippen molar-refractivity contribution in [1.29, 1.82) is 0 Å². The first-order valence-electron chi connectivity index (χ1n) is 9.90. The lowest BCUT2D eigenvalue weighted by Crippen LogP contribution is -2.33. The minimum Gasteiger partial charge on any atom is -0.493 e. The summed E-state index contributed by atoms with van der Waals surface area (Å²) < 4.78 is 28.1. The fourth-order valence-corrected chi connectivity index (χ4v) is 3.99. The summed E-state index contributed by atoms with van der Waals surface area (Å²) in [6, 6.07) is 7.77. The number of ketones is 1. The van der Waals surface area contributed by atoms with Crippen LogP contribution in [0, 0.1) is 0 Å². The number of fused-ring (bicyclic) bond motifs is 3. The zero-order valence-corrected chi connectivity index (χ0v) is 17.2. The van der Waals surface area contributed by atoms with E-state index >= 15 is 0 Å². The molecule has 0 bridgehead atoms. The first-order valence-corrected chi connectivity index (χ1v) is 9.90. The Kier molecular flexibility index (Phi) is 4.55. The van der Waals surface area contributed by atoms with Gasteiger partial charge in [-0.2, -0.15) is 0 Å². The van der Waals surface area contributed by atoms with Crippen molar-refractivity contribution in [3.05, 3.63) is 46.7 Å². The first kappa shape index (κ1) is 18.8. The molecule has 2 heterocycles. The molecule has 0 N–H and O–H groups in total. The molecule has 3 aliphatic rings. The topological polar surface area (TPSA) is 66.5 Å². The number of carbonyl (C=O) groups excluding carboxylic acids is 1. The molecule has 1 aliphatic carbocycles. The van der Waals surface area contributed by atoms with Crippen molar-refractivity contribution in [2.24, 2.45) is 0 Å². The number of hydrogen-bond donors (Lipinski definition) is 0. The zero-order chi connectivity index (χ0) is 20.8. The molecule has 2 aromatic rings. The lowest BCUT2D eigenvalue weighted by atomic mass is 10.0. The average Bonchev–Trinajstić information content (AvgIpc) is 3.58. The molecule has 0 radical (unpaired) electrons. The van der Waals surface area contributed by atoms with Crippen LogP contribution < -0.4 is 23.7 Å². The summed E-state index contributed by atoms with van der Waals surface area (Å²) in [4.78, 5) is 15.3. The highest BCUT2D eigenvalue weighted by molar-refractivity contribution is 6.15. The van der Waals surface area contributed by atoms with Crippen molar-refractivity contribution < 1.29 is 28.5 Å². The van der Waals surface area contributed by atoms with Crippen molar-refractivity contribution >= 4 is 11.9 Å². The van der Waals surface area contributed by atoms with Crippen LogP contribution in [0.4, 0.5) is 0 Å². The number of methoxy groups -OCH3 is 3. The molecule has 156 valence electrons. The van der Waals surface area contributed by atoms with E-state index in [0.717, 1.165) is 17.9 Å². The monoisotopic (exact) mass is 409 g/mol. The molecule has 2 aromatic carbocycles. The van der Waals surface area contributed by atoms with Gasteiger partial charge in [-0.15, -0.1) is 0 Å². The van der Waals surface area contributed by atoms with Gasteiger partial charge in [0.25, 0.3) is 0 Å². The van der Waals surface area contributed by atoms with E-state index in [4.69, 9.17) is 23.7 Å². The van der Waals surface area contributed by atoms with Gasteiger partial charge in [-0.05, 0) is 48.7 Å². The highest BCUT2D eigenvalue weighted by Gasteiger charge is 2.37. The molecule has 1 saturated carbocycles. The highest BCUT2D eigenvalue weighted by Crippen LogP contribution is 2.44. The van der Waals surface area contributed by atoms with Crippen LogP contribution in [0.1, 0.15) is 34.3 Å². The third kappa shape index (κ3) is 3.06. The van der Waals surface area contributed by atoms with Crippen molar-refractivity contribution in [2.45, 2.75) is 25.4 Å². The summed E-state index contributed by atoms with van der Waals surface area (Å²) in [5.74, 6) is 3.01. The van der Waals surface area contributed by atoms with E-state index in [9.17, 15) is 4.79 Å². The Morgan fingerprint density at radius 3 is 2.43 bits per heavy atom. The maximum absolute atomic E-state index is 13.0. The number of ether oxygens (including phenoxy) is 5. The van der Waals surface area contributed by atoms with Crippen molar-refractivity contribution in [3.63, 3.8) is 0 Å². The Balaban J connectivity index is 1.50. The minimum absolute atomic E-state index is 0.148.